The van der Waals surface area contributed by atoms with Gasteiger partial charge in [-0.3, -0.25) is 20.2 Å². The summed E-state index contributed by atoms with van der Waals surface area (Å²) < 4.78 is 8.01. The Morgan fingerprint density at radius 1 is 1.00 bits per heavy atom. The Morgan fingerprint density at radius 3 is 2.20 bits per heavy atom. The Labute approximate surface area is 166 Å². The number of aromatic nitrogens is 2. The first-order chi connectivity index (χ1) is 11.5. The van der Waals surface area contributed by atoms with Crippen LogP contribution in [-0.4, -0.2) is 48.2 Å². The van der Waals surface area contributed by atoms with E-state index >= 15 is 0 Å². The van der Waals surface area contributed by atoms with Crippen LogP contribution in [0.4, 0.5) is 11.4 Å². The van der Waals surface area contributed by atoms with E-state index in [-0.39, 0.29) is 46.4 Å². The molecule has 25 heavy (non-hydrogen) atoms. The minimum absolute atomic E-state index is 0. The van der Waals surface area contributed by atoms with E-state index < -0.39 is 15.8 Å². The summed E-state index contributed by atoms with van der Waals surface area (Å²) in [5.74, 6) is -0.766. The molecule has 0 aliphatic rings. The van der Waals surface area contributed by atoms with Crippen molar-refractivity contribution in [2.24, 2.45) is 0 Å². The van der Waals surface area contributed by atoms with E-state index in [9.17, 15) is 25.5 Å². The minimum Gasteiger partial charge on any atom is -0.258 e. The molecule has 119 valence electrons. The Balaban J connectivity index is 0.00000225. The van der Waals surface area contributed by atoms with Crippen LogP contribution in [0.5, 0.6) is 0 Å². The quantitative estimate of drug-likeness (QED) is 0.394. The Hall–Kier alpha value is -2.45. The van der Waals surface area contributed by atoms with Gasteiger partial charge in [-0.25, -0.2) is 0 Å². The van der Waals surface area contributed by atoms with Crippen LogP contribution in [-0.2, 0) is 0 Å². The smallest absolute Gasteiger partial charge is 0.258 e. The number of nitro benzene ring substituents is 2. The third kappa shape index (κ3) is 3.49. The molecule has 0 bridgehead atoms. The number of nitriles is 1. The normalized spacial score (nSPS) is 11.3. The predicted octanol–water partition coefficient (Wildman–Crippen LogP) is 2.78. The summed E-state index contributed by atoms with van der Waals surface area (Å²) in [4.78, 5) is 20.7. The van der Waals surface area contributed by atoms with Crippen molar-refractivity contribution in [2.75, 3.05) is 0 Å². The summed E-state index contributed by atoms with van der Waals surface area (Å²) in [6.45, 7) is 0. The molecule has 0 aliphatic carbocycles. The van der Waals surface area contributed by atoms with Gasteiger partial charge in [0.15, 0.2) is 5.52 Å². The average molecular weight is 364 g/mol. The fourth-order valence-electron chi connectivity index (χ4n) is 2.37. The molecule has 3 aromatic rings. The van der Waals surface area contributed by atoms with E-state index in [0.717, 1.165) is 11.7 Å². The monoisotopic (exact) mass is 364 g/mol. The maximum Gasteiger partial charge on any atom is 0.298 e. The second kappa shape index (κ2) is 7.62. The van der Waals surface area contributed by atoms with E-state index in [0.29, 0.717) is 16.6 Å². The van der Waals surface area contributed by atoms with Gasteiger partial charge in [-0.1, -0.05) is 12.1 Å². The number of rotatable bonds is 4. The van der Waals surface area contributed by atoms with E-state index in [4.69, 9.17) is 0 Å². The van der Waals surface area contributed by atoms with Crippen LogP contribution in [0.3, 0.4) is 0 Å². The number of non-ortho nitro benzene ring substituents is 2. The summed E-state index contributed by atoms with van der Waals surface area (Å²) in [6.07, 6.45) is 0. The van der Waals surface area contributed by atoms with Crippen molar-refractivity contribution in [3.05, 3.63) is 67.8 Å². The summed E-state index contributed by atoms with van der Waals surface area (Å²) in [5, 5.41) is 31.3. The van der Waals surface area contributed by atoms with Gasteiger partial charge >= 0.3 is 0 Å². The number of nitro groups is 2. The Kier molecular flexibility index (Phi) is 5.76. The van der Waals surface area contributed by atoms with Crippen molar-refractivity contribution in [3.63, 3.8) is 0 Å². The molecule has 3 rings (SSSR count). The molecule has 2 aromatic carbocycles. The molecule has 0 N–H and O–H groups in total. The van der Waals surface area contributed by atoms with E-state index in [2.05, 4.69) is 14.8 Å². The third-order valence-electron chi connectivity index (χ3n) is 3.50. The molecule has 1 unspecified atom stereocenters. The van der Waals surface area contributed by atoms with Crippen LogP contribution in [0, 0.1) is 31.6 Å². The van der Waals surface area contributed by atoms with Crippen molar-refractivity contribution in [1.82, 2.24) is 8.75 Å². The van der Waals surface area contributed by atoms with Gasteiger partial charge in [0.25, 0.3) is 11.4 Å². The number of benzene rings is 2. The average Bonchev–Trinajstić information content (AvgIpc) is 3.05. The van der Waals surface area contributed by atoms with Gasteiger partial charge in [0.2, 0.25) is 0 Å². The van der Waals surface area contributed by atoms with Crippen LogP contribution in [0.25, 0.3) is 11.0 Å². The van der Waals surface area contributed by atoms with Crippen LogP contribution >= 0.6 is 11.7 Å². The molecule has 0 spiro atoms. The summed E-state index contributed by atoms with van der Waals surface area (Å²) in [7, 11) is 0. The first-order valence-corrected chi connectivity index (χ1v) is 7.29. The second-order valence-electron chi connectivity index (χ2n) is 4.80. The third-order valence-corrected chi connectivity index (χ3v) is 4.03. The van der Waals surface area contributed by atoms with Gasteiger partial charge in [-0.05, 0) is 11.6 Å². The molecule has 1 radical (unpaired) electrons. The fraction of sp³-hybridized carbons (Fsp3) is 0.0714. The minimum atomic E-state index is -0.766. The van der Waals surface area contributed by atoms with Gasteiger partial charge in [0.05, 0.1) is 33.6 Å². The molecule has 0 fully saturated rings. The fourth-order valence-corrected chi connectivity index (χ4v) is 2.94. The van der Waals surface area contributed by atoms with Gasteiger partial charge in [-0.15, -0.1) is 0 Å². The summed E-state index contributed by atoms with van der Waals surface area (Å²) >= 11 is 0.825. The van der Waals surface area contributed by atoms with Crippen LogP contribution < -0.4 is 0 Å². The largest absolute Gasteiger partial charge is 0.298 e. The van der Waals surface area contributed by atoms with Gasteiger partial charge in [0.1, 0.15) is 5.52 Å². The van der Waals surface area contributed by atoms with Crippen LogP contribution in [0.2, 0.25) is 0 Å². The first kappa shape index (κ1) is 18.9. The zero-order chi connectivity index (χ0) is 17.3. The van der Waals surface area contributed by atoms with E-state index in [1.807, 2.05) is 0 Å². The Morgan fingerprint density at radius 2 is 1.64 bits per heavy atom. The zero-order valence-electron chi connectivity index (χ0n) is 12.8. The maximum atomic E-state index is 11.0. The SMILES string of the molecule is N#CC(c1ccc([N+](=O)[O-])cc1)c1ccc([N+](=O)[O-])c2nsnc12.[Na]. The van der Waals surface area contributed by atoms with Crippen molar-refractivity contribution in [3.8, 4) is 6.07 Å². The molecular weight excluding hydrogens is 357 g/mol. The van der Waals surface area contributed by atoms with Crippen LogP contribution in [0.1, 0.15) is 17.0 Å². The van der Waals surface area contributed by atoms with Crippen LogP contribution in [0.15, 0.2) is 36.4 Å². The molecular formula is C14H7N5NaO4S. The topological polar surface area (TPSA) is 136 Å². The first-order valence-electron chi connectivity index (χ1n) is 6.56. The summed E-state index contributed by atoms with van der Waals surface area (Å²) in [6, 6.07) is 10.5. The van der Waals surface area contributed by atoms with Crippen molar-refractivity contribution in [1.29, 1.82) is 5.26 Å². The van der Waals surface area contributed by atoms with Gasteiger partial charge in [-0.2, -0.15) is 14.0 Å². The molecule has 1 atom stereocenters. The van der Waals surface area contributed by atoms with E-state index in [1.54, 1.807) is 0 Å². The molecule has 9 nitrogen and oxygen atoms in total. The molecule has 0 saturated heterocycles. The predicted molar refractivity (Wildman–Crippen MR) is 90.4 cm³/mol. The standard InChI is InChI=1S/C14H7N5O4S.Na/c15-7-11(8-1-3-9(4-2-8)18(20)21)10-5-6-12(19(22)23)14-13(10)16-24-17-14;/h1-6,11H;. The number of hydrogen-bond donors (Lipinski definition) is 0. The van der Waals surface area contributed by atoms with Crippen molar-refractivity contribution >= 4 is 63.7 Å². The number of nitrogens with zero attached hydrogens (tertiary/aromatic N) is 5. The molecule has 0 saturated carbocycles. The summed E-state index contributed by atoms with van der Waals surface area (Å²) in [5.41, 5.74) is 1.17. The van der Waals surface area contributed by atoms with Gasteiger partial charge in [0, 0.05) is 53.3 Å². The zero-order valence-corrected chi connectivity index (χ0v) is 15.6. The molecule has 11 heteroatoms. The van der Waals surface area contributed by atoms with E-state index in [1.165, 1.54) is 36.4 Å². The molecule has 0 amide bonds. The number of hydrogen-bond acceptors (Lipinski definition) is 8. The van der Waals surface area contributed by atoms with Gasteiger partial charge < -0.3 is 0 Å². The Bertz CT molecular complexity index is 999. The van der Waals surface area contributed by atoms with Crippen molar-refractivity contribution < 1.29 is 9.85 Å². The second-order valence-corrected chi connectivity index (χ2v) is 5.33. The van der Waals surface area contributed by atoms with Crippen molar-refractivity contribution in [2.45, 2.75) is 5.92 Å². The number of fused-ring (bicyclic) bond motifs is 1. The maximum absolute atomic E-state index is 11.0. The molecule has 0 aliphatic heterocycles. The molecule has 1 heterocycles. The molecule has 1 aromatic heterocycles.